The molecule has 20 heavy (non-hydrogen) atoms. The molecule has 1 aromatic carbocycles. The Balaban J connectivity index is 1.67. The molecule has 3 rings (SSSR count). The molecule has 5 nitrogen and oxygen atoms in total. The first-order valence-electron chi connectivity index (χ1n) is 6.55. The molecule has 0 aliphatic heterocycles. The lowest BCUT2D eigenvalue weighted by Gasteiger charge is -2.15. The zero-order chi connectivity index (χ0) is 14.1. The van der Waals surface area contributed by atoms with Crippen molar-refractivity contribution in [2.75, 3.05) is 7.05 Å². The number of hydrogen-bond donors (Lipinski definition) is 1. The molecule has 1 heterocycles. The van der Waals surface area contributed by atoms with Gasteiger partial charge in [0.1, 0.15) is 5.82 Å². The lowest BCUT2D eigenvalue weighted by atomic mass is 10.2. The first-order chi connectivity index (χ1) is 9.63. The molecule has 1 N–H and O–H groups in total. The predicted octanol–water partition coefficient (Wildman–Crippen LogP) is 2.61. The van der Waals surface area contributed by atoms with E-state index in [1.54, 1.807) is 11.9 Å². The van der Waals surface area contributed by atoms with Crippen LogP contribution in [0.25, 0.3) is 0 Å². The van der Waals surface area contributed by atoms with Gasteiger partial charge in [-0.15, -0.1) is 5.10 Å². The second kappa shape index (κ2) is 5.25. The molecule has 1 fully saturated rings. The first kappa shape index (κ1) is 13.1. The van der Waals surface area contributed by atoms with Crippen molar-refractivity contribution >= 4 is 17.5 Å². The SMILES string of the molecule is CN(Cc1ccc(Cl)cc1)C(=O)c1n[nH]c(C2CC2)n1. The molecule has 0 radical (unpaired) electrons. The molecule has 1 amide bonds. The highest BCUT2D eigenvalue weighted by molar-refractivity contribution is 6.30. The lowest BCUT2D eigenvalue weighted by molar-refractivity contribution is 0.0773. The fourth-order valence-electron chi connectivity index (χ4n) is 2.02. The summed E-state index contributed by atoms with van der Waals surface area (Å²) in [5.74, 6) is 1.35. The number of carbonyl (C=O) groups is 1. The second-order valence-electron chi connectivity index (χ2n) is 5.11. The Morgan fingerprint density at radius 3 is 2.75 bits per heavy atom. The van der Waals surface area contributed by atoms with Crippen LogP contribution in [0.3, 0.4) is 0 Å². The lowest BCUT2D eigenvalue weighted by Crippen LogP contribution is -2.27. The number of halogens is 1. The van der Waals surface area contributed by atoms with Gasteiger partial charge in [0.25, 0.3) is 5.91 Å². The molecule has 0 spiro atoms. The summed E-state index contributed by atoms with van der Waals surface area (Å²) in [5.41, 5.74) is 1.02. The largest absolute Gasteiger partial charge is 0.335 e. The van der Waals surface area contributed by atoms with Crippen molar-refractivity contribution < 1.29 is 4.79 Å². The van der Waals surface area contributed by atoms with Gasteiger partial charge in [0.05, 0.1) is 0 Å². The van der Waals surface area contributed by atoms with E-state index in [1.807, 2.05) is 24.3 Å². The standard InChI is InChI=1S/C14H15ClN4O/c1-19(8-9-2-6-11(15)7-3-9)14(20)13-16-12(17-18-13)10-4-5-10/h2-3,6-7,10H,4-5,8H2,1H3,(H,16,17,18). The Labute approximate surface area is 122 Å². The zero-order valence-electron chi connectivity index (χ0n) is 11.1. The fourth-order valence-corrected chi connectivity index (χ4v) is 2.14. The monoisotopic (exact) mass is 290 g/mol. The van der Waals surface area contributed by atoms with Crippen LogP contribution in [0.5, 0.6) is 0 Å². The van der Waals surface area contributed by atoms with E-state index in [2.05, 4.69) is 15.2 Å². The van der Waals surface area contributed by atoms with Crippen LogP contribution in [0, 0.1) is 0 Å². The van der Waals surface area contributed by atoms with E-state index in [1.165, 1.54) is 0 Å². The molecule has 0 atom stereocenters. The van der Waals surface area contributed by atoms with Crippen LogP contribution in [-0.4, -0.2) is 33.0 Å². The molecular formula is C14H15ClN4O. The molecule has 6 heteroatoms. The van der Waals surface area contributed by atoms with E-state index in [-0.39, 0.29) is 11.7 Å². The summed E-state index contributed by atoms with van der Waals surface area (Å²) in [6.45, 7) is 0.503. The molecule has 0 unspecified atom stereocenters. The van der Waals surface area contributed by atoms with Crippen LogP contribution < -0.4 is 0 Å². The number of carbonyl (C=O) groups excluding carboxylic acids is 1. The minimum Gasteiger partial charge on any atom is -0.335 e. The van der Waals surface area contributed by atoms with E-state index in [0.29, 0.717) is 17.5 Å². The highest BCUT2D eigenvalue weighted by atomic mass is 35.5. The van der Waals surface area contributed by atoms with Gasteiger partial charge >= 0.3 is 0 Å². The van der Waals surface area contributed by atoms with Crippen molar-refractivity contribution in [3.8, 4) is 0 Å². The Morgan fingerprint density at radius 1 is 1.40 bits per heavy atom. The number of nitrogens with zero attached hydrogens (tertiary/aromatic N) is 3. The zero-order valence-corrected chi connectivity index (χ0v) is 11.9. The van der Waals surface area contributed by atoms with E-state index in [9.17, 15) is 4.79 Å². The fraction of sp³-hybridized carbons (Fsp3) is 0.357. The highest BCUT2D eigenvalue weighted by Crippen LogP contribution is 2.37. The third kappa shape index (κ3) is 2.82. The summed E-state index contributed by atoms with van der Waals surface area (Å²) in [7, 11) is 1.74. The molecule has 104 valence electrons. The van der Waals surface area contributed by atoms with Crippen LogP contribution in [0.4, 0.5) is 0 Å². The summed E-state index contributed by atoms with van der Waals surface area (Å²) < 4.78 is 0. The normalized spacial score (nSPS) is 14.3. The smallest absolute Gasteiger partial charge is 0.293 e. The topological polar surface area (TPSA) is 61.9 Å². The number of hydrogen-bond acceptors (Lipinski definition) is 3. The minimum atomic E-state index is -0.178. The van der Waals surface area contributed by atoms with Crippen molar-refractivity contribution in [2.24, 2.45) is 0 Å². The van der Waals surface area contributed by atoms with Crippen molar-refractivity contribution in [1.29, 1.82) is 0 Å². The van der Waals surface area contributed by atoms with Gasteiger partial charge in [0.15, 0.2) is 0 Å². The maximum absolute atomic E-state index is 12.2. The number of amides is 1. The van der Waals surface area contributed by atoms with E-state index >= 15 is 0 Å². The quantitative estimate of drug-likeness (QED) is 0.941. The number of benzene rings is 1. The molecule has 0 saturated heterocycles. The van der Waals surface area contributed by atoms with Gasteiger partial charge in [-0.3, -0.25) is 9.89 Å². The van der Waals surface area contributed by atoms with Crippen LogP contribution in [0.15, 0.2) is 24.3 Å². The van der Waals surface area contributed by atoms with Gasteiger partial charge in [0.2, 0.25) is 5.82 Å². The van der Waals surface area contributed by atoms with Crippen LogP contribution in [-0.2, 0) is 6.54 Å². The van der Waals surface area contributed by atoms with E-state index in [4.69, 9.17) is 11.6 Å². The Kier molecular flexibility index (Phi) is 3.44. The van der Waals surface area contributed by atoms with Crippen molar-refractivity contribution in [2.45, 2.75) is 25.3 Å². The van der Waals surface area contributed by atoms with Gasteiger partial charge < -0.3 is 4.90 Å². The molecule has 1 saturated carbocycles. The molecule has 0 bridgehead atoms. The van der Waals surface area contributed by atoms with Crippen molar-refractivity contribution in [1.82, 2.24) is 20.1 Å². The summed E-state index contributed by atoms with van der Waals surface area (Å²) in [6.07, 6.45) is 2.26. The van der Waals surface area contributed by atoms with Gasteiger partial charge in [-0.05, 0) is 30.5 Å². The van der Waals surface area contributed by atoms with Crippen LogP contribution in [0.2, 0.25) is 5.02 Å². The summed E-state index contributed by atoms with van der Waals surface area (Å²) in [6, 6.07) is 7.43. The van der Waals surface area contributed by atoms with Gasteiger partial charge in [-0.25, -0.2) is 4.98 Å². The number of H-pyrrole nitrogens is 1. The summed E-state index contributed by atoms with van der Waals surface area (Å²) in [4.78, 5) is 18.1. The second-order valence-corrected chi connectivity index (χ2v) is 5.54. The number of nitrogens with one attached hydrogen (secondary N) is 1. The Bertz CT molecular complexity index is 618. The average Bonchev–Trinajstić information content (AvgIpc) is 3.18. The molecule has 1 aliphatic carbocycles. The van der Waals surface area contributed by atoms with E-state index in [0.717, 1.165) is 24.2 Å². The van der Waals surface area contributed by atoms with Crippen molar-refractivity contribution in [3.63, 3.8) is 0 Å². The van der Waals surface area contributed by atoms with Crippen molar-refractivity contribution in [3.05, 3.63) is 46.5 Å². The highest BCUT2D eigenvalue weighted by Gasteiger charge is 2.28. The molecule has 2 aromatic rings. The Hall–Kier alpha value is -1.88. The summed E-state index contributed by atoms with van der Waals surface area (Å²) >= 11 is 5.84. The number of aromatic amines is 1. The Morgan fingerprint density at radius 2 is 2.10 bits per heavy atom. The summed E-state index contributed by atoms with van der Waals surface area (Å²) in [5, 5.41) is 7.54. The maximum Gasteiger partial charge on any atom is 0.293 e. The van der Waals surface area contributed by atoms with Crippen LogP contribution in [0.1, 0.15) is 40.8 Å². The third-order valence-corrected chi connectivity index (χ3v) is 3.59. The minimum absolute atomic E-state index is 0.178. The first-order valence-corrected chi connectivity index (χ1v) is 6.93. The number of rotatable bonds is 4. The number of aromatic nitrogens is 3. The maximum atomic E-state index is 12.2. The predicted molar refractivity (Wildman–Crippen MR) is 75.6 cm³/mol. The van der Waals surface area contributed by atoms with Gasteiger partial charge in [0, 0.05) is 24.5 Å². The average molecular weight is 291 g/mol. The third-order valence-electron chi connectivity index (χ3n) is 3.34. The van der Waals surface area contributed by atoms with Gasteiger partial charge in [-0.2, -0.15) is 0 Å². The van der Waals surface area contributed by atoms with Crippen LogP contribution >= 0.6 is 11.6 Å². The molecule has 1 aliphatic rings. The van der Waals surface area contributed by atoms with Gasteiger partial charge in [-0.1, -0.05) is 23.7 Å². The van der Waals surface area contributed by atoms with E-state index < -0.39 is 0 Å². The molecular weight excluding hydrogens is 276 g/mol. The molecule has 1 aromatic heterocycles.